The average molecular weight is 250 g/mol. The Morgan fingerprint density at radius 2 is 2.20 bits per heavy atom. The van der Waals surface area contributed by atoms with Crippen molar-refractivity contribution in [2.75, 3.05) is 7.05 Å². The number of nitrogens with one attached hydrogen (secondary N) is 1. The van der Waals surface area contributed by atoms with E-state index in [9.17, 15) is 4.79 Å². The number of likely N-dealkylation sites (N-methyl/N-ethyl adjacent to an activating group) is 1. The van der Waals surface area contributed by atoms with Crippen LogP contribution in [0.1, 0.15) is 0 Å². The lowest BCUT2D eigenvalue weighted by Gasteiger charge is -2.14. The van der Waals surface area contributed by atoms with Crippen molar-refractivity contribution in [3.8, 4) is 5.75 Å². The molecule has 0 bridgehead atoms. The highest BCUT2D eigenvalue weighted by Crippen LogP contribution is 2.27. The maximum atomic E-state index is 10.7. The van der Waals surface area contributed by atoms with Gasteiger partial charge in [-0.05, 0) is 25.2 Å². The minimum atomic E-state index is -1.14. The number of hydrogen-bond acceptors (Lipinski definition) is 3. The lowest BCUT2D eigenvalue weighted by atomic mass is 10.3. The molecule has 0 heterocycles. The van der Waals surface area contributed by atoms with Crippen LogP contribution < -0.4 is 10.1 Å². The number of ether oxygens (including phenoxy) is 1. The molecule has 0 aliphatic carbocycles. The van der Waals surface area contributed by atoms with Gasteiger partial charge in [0.25, 0.3) is 0 Å². The Balaban J connectivity index is 2.84. The molecule has 0 saturated heterocycles. The van der Waals surface area contributed by atoms with Crippen LogP contribution >= 0.6 is 23.2 Å². The lowest BCUT2D eigenvalue weighted by Crippen LogP contribution is -2.39. The van der Waals surface area contributed by atoms with E-state index in [4.69, 9.17) is 33.0 Å². The van der Waals surface area contributed by atoms with Crippen molar-refractivity contribution >= 4 is 29.2 Å². The van der Waals surface area contributed by atoms with E-state index in [1.165, 1.54) is 19.2 Å². The van der Waals surface area contributed by atoms with E-state index < -0.39 is 12.2 Å². The number of benzene rings is 1. The summed E-state index contributed by atoms with van der Waals surface area (Å²) in [4.78, 5) is 10.7. The molecule has 15 heavy (non-hydrogen) atoms. The molecule has 0 aliphatic heterocycles. The van der Waals surface area contributed by atoms with Gasteiger partial charge in [-0.25, -0.2) is 4.79 Å². The summed E-state index contributed by atoms with van der Waals surface area (Å²) in [5.74, 6) is -0.855. The molecule has 1 rings (SSSR count). The summed E-state index contributed by atoms with van der Waals surface area (Å²) in [6, 6.07) is 4.56. The number of carboxylic acids is 1. The molecule has 1 aromatic carbocycles. The summed E-state index contributed by atoms with van der Waals surface area (Å²) in [5.41, 5.74) is 0. The average Bonchev–Trinajstić information content (AvgIpc) is 2.16. The van der Waals surface area contributed by atoms with Crippen molar-refractivity contribution in [3.63, 3.8) is 0 Å². The van der Waals surface area contributed by atoms with Gasteiger partial charge in [0.1, 0.15) is 5.75 Å². The van der Waals surface area contributed by atoms with E-state index in [0.29, 0.717) is 5.02 Å². The van der Waals surface area contributed by atoms with Crippen LogP contribution in [0.5, 0.6) is 5.75 Å². The smallest absolute Gasteiger partial charge is 0.360 e. The zero-order chi connectivity index (χ0) is 11.4. The van der Waals surface area contributed by atoms with Gasteiger partial charge in [0.2, 0.25) is 6.23 Å². The Bertz CT molecular complexity index is 370. The minimum absolute atomic E-state index is 0.266. The van der Waals surface area contributed by atoms with Crippen molar-refractivity contribution in [3.05, 3.63) is 28.2 Å². The maximum Gasteiger partial charge on any atom is 0.360 e. The first-order chi connectivity index (χ1) is 7.04. The molecule has 6 heteroatoms. The van der Waals surface area contributed by atoms with E-state index in [1.54, 1.807) is 6.07 Å². The van der Waals surface area contributed by atoms with Crippen molar-refractivity contribution in [2.24, 2.45) is 0 Å². The molecule has 0 spiro atoms. The van der Waals surface area contributed by atoms with Crippen LogP contribution in [-0.4, -0.2) is 24.4 Å². The highest BCUT2D eigenvalue weighted by Gasteiger charge is 2.17. The molecule has 0 amide bonds. The van der Waals surface area contributed by atoms with Crippen LogP contribution in [0.3, 0.4) is 0 Å². The Labute approximate surface area is 96.8 Å². The fraction of sp³-hybridized carbons (Fsp3) is 0.222. The monoisotopic (exact) mass is 249 g/mol. The predicted octanol–water partition coefficient (Wildman–Crippen LogP) is 2.00. The number of halogens is 2. The Morgan fingerprint density at radius 1 is 1.53 bits per heavy atom. The van der Waals surface area contributed by atoms with Crippen molar-refractivity contribution in [2.45, 2.75) is 6.23 Å². The normalized spacial score (nSPS) is 12.2. The Kier molecular flexibility index (Phi) is 4.20. The second-order valence-corrected chi connectivity index (χ2v) is 3.54. The van der Waals surface area contributed by atoms with E-state index in [1.807, 2.05) is 0 Å². The molecule has 2 N–H and O–H groups in total. The van der Waals surface area contributed by atoms with Crippen molar-refractivity contribution in [1.29, 1.82) is 0 Å². The Morgan fingerprint density at radius 3 is 2.67 bits per heavy atom. The van der Waals surface area contributed by atoms with Gasteiger partial charge in [-0.15, -0.1) is 0 Å². The van der Waals surface area contributed by atoms with Gasteiger partial charge in [-0.2, -0.15) is 0 Å². The van der Waals surface area contributed by atoms with Crippen LogP contribution in [0.15, 0.2) is 18.2 Å². The molecule has 82 valence electrons. The second-order valence-electron chi connectivity index (χ2n) is 2.70. The fourth-order valence-corrected chi connectivity index (χ4v) is 1.38. The molecule has 0 aliphatic rings. The quantitative estimate of drug-likeness (QED) is 0.802. The van der Waals surface area contributed by atoms with Gasteiger partial charge in [-0.3, -0.25) is 5.32 Å². The van der Waals surface area contributed by atoms with Crippen LogP contribution in [0.4, 0.5) is 0 Å². The zero-order valence-electron chi connectivity index (χ0n) is 7.83. The van der Waals surface area contributed by atoms with Crippen LogP contribution in [0.25, 0.3) is 0 Å². The number of carboxylic acid groups (broad SMARTS) is 1. The summed E-state index contributed by atoms with van der Waals surface area (Å²) in [7, 11) is 1.47. The molecular formula is C9H9Cl2NO3. The predicted molar refractivity (Wildman–Crippen MR) is 57.6 cm³/mol. The SMILES string of the molecule is CNC(Oc1ccc(Cl)cc1Cl)C(=O)O. The van der Waals surface area contributed by atoms with Crippen LogP contribution in [-0.2, 0) is 4.79 Å². The zero-order valence-corrected chi connectivity index (χ0v) is 9.34. The molecule has 0 fully saturated rings. The largest absolute Gasteiger partial charge is 0.477 e. The van der Waals surface area contributed by atoms with E-state index >= 15 is 0 Å². The minimum Gasteiger partial charge on any atom is -0.477 e. The van der Waals surface area contributed by atoms with Crippen molar-refractivity contribution < 1.29 is 14.6 Å². The summed E-state index contributed by atoms with van der Waals surface area (Å²) in [6.45, 7) is 0. The van der Waals surface area contributed by atoms with Gasteiger partial charge in [0.15, 0.2) is 0 Å². The van der Waals surface area contributed by atoms with E-state index in [0.717, 1.165) is 0 Å². The van der Waals surface area contributed by atoms with Crippen molar-refractivity contribution in [1.82, 2.24) is 5.32 Å². The second kappa shape index (κ2) is 5.21. The molecule has 0 radical (unpaired) electrons. The van der Waals surface area contributed by atoms with Gasteiger partial charge in [0, 0.05) is 5.02 Å². The van der Waals surface area contributed by atoms with E-state index in [-0.39, 0.29) is 10.8 Å². The third-order valence-corrected chi connectivity index (χ3v) is 2.16. The summed E-state index contributed by atoms with van der Waals surface area (Å²) >= 11 is 11.5. The van der Waals surface area contributed by atoms with E-state index in [2.05, 4.69) is 5.32 Å². The molecule has 1 atom stereocenters. The lowest BCUT2D eigenvalue weighted by molar-refractivity contribution is -0.146. The summed E-state index contributed by atoms with van der Waals surface area (Å²) in [6.07, 6.45) is -1.14. The number of carbonyl (C=O) groups is 1. The number of aliphatic carboxylic acids is 1. The third kappa shape index (κ3) is 3.27. The standard InChI is InChI=1S/C9H9Cl2NO3/c1-12-8(9(13)14)15-7-3-2-5(10)4-6(7)11/h2-4,8,12H,1H3,(H,13,14). The van der Waals surface area contributed by atoms with Gasteiger partial charge < -0.3 is 9.84 Å². The first kappa shape index (κ1) is 12.1. The molecule has 4 nitrogen and oxygen atoms in total. The topological polar surface area (TPSA) is 58.6 Å². The van der Waals surface area contributed by atoms with Crippen LogP contribution in [0.2, 0.25) is 10.0 Å². The number of rotatable bonds is 4. The summed E-state index contributed by atoms with van der Waals surface area (Å²) in [5, 5.41) is 11.9. The molecule has 1 aromatic rings. The fourth-order valence-electron chi connectivity index (χ4n) is 0.931. The van der Waals surface area contributed by atoms with Crippen LogP contribution in [0, 0.1) is 0 Å². The molecular weight excluding hydrogens is 241 g/mol. The van der Waals surface area contributed by atoms with Gasteiger partial charge in [0.05, 0.1) is 5.02 Å². The third-order valence-electron chi connectivity index (χ3n) is 1.63. The summed E-state index contributed by atoms with van der Waals surface area (Å²) < 4.78 is 5.11. The molecule has 1 unspecified atom stereocenters. The first-order valence-corrected chi connectivity index (χ1v) is 4.82. The Hall–Kier alpha value is -0.970. The first-order valence-electron chi connectivity index (χ1n) is 4.06. The molecule has 0 saturated carbocycles. The van der Waals surface area contributed by atoms with Gasteiger partial charge >= 0.3 is 5.97 Å². The maximum absolute atomic E-state index is 10.7. The highest BCUT2D eigenvalue weighted by atomic mass is 35.5. The highest BCUT2D eigenvalue weighted by molar-refractivity contribution is 6.35. The van der Waals surface area contributed by atoms with Gasteiger partial charge in [-0.1, -0.05) is 23.2 Å². The number of hydrogen-bond donors (Lipinski definition) is 2. The molecule has 0 aromatic heterocycles.